The molecule has 14 aromatic carbocycles. The molecule has 0 radical (unpaired) electrons. The van der Waals surface area contributed by atoms with Crippen molar-refractivity contribution >= 4 is 111 Å². The molecule has 0 bridgehead atoms. The Labute approximate surface area is 493 Å². The summed E-state index contributed by atoms with van der Waals surface area (Å²) < 4.78 is 0. The van der Waals surface area contributed by atoms with Crippen LogP contribution < -0.4 is 9.80 Å². The molecule has 84 heavy (non-hydrogen) atoms. The molecule has 0 aliphatic heterocycles. The molecule has 0 saturated carbocycles. The molecule has 0 aliphatic carbocycles. The van der Waals surface area contributed by atoms with Crippen molar-refractivity contribution in [1.29, 1.82) is 0 Å². The molecule has 0 unspecified atom stereocenters. The molecule has 0 aromatic heterocycles. The monoisotopic (exact) mass is 1080 g/mol. The van der Waals surface area contributed by atoms with E-state index in [1.807, 2.05) is 0 Å². The smallest absolute Gasteiger partial charge is 0.0619 e. The van der Waals surface area contributed by atoms with Gasteiger partial charge < -0.3 is 9.80 Å². The van der Waals surface area contributed by atoms with Crippen molar-refractivity contribution in [3.63, 3.8) is 0 Å². The van der Waals surface area contributed by atoms with Crippen molar-refractivity contribution in [2.24, 2.45) is 0 Å². The quantitative estimate of drug-likeness (QED) is 0.0683. The Morgan fingerprint density at radius 3 is 0.988 bits per heavy atom. The second-order valence-corrected chi connectivity index (χ2v) is 23.0. The lowest BCUT2D eigenvalue weighted by atomic mass is 9.85. The normalized spacial score (nSPS) is 11.5. The van der Waals surface area contributed by atoms with Crippen LogP contribution in [0.3, 0.4) is 0 Å². The summed E-state index contributed by atoms with van der Waals surface area (Å²) in [6.07, 6.45) is 4.66. The molecule has 0 spiro atoms. The van der Waals surface area contributed by atoms with E-state index < -0.39 is 0 Å². The molecule has 14 aromatic rings. The van der Waals surface area contributed by atoms with Crippen LogP contribution in [0.4, 0.5) is 34.1 Å². The number of aryl methyl sites for hydroxylation is 6. The first-order valence-corrected chi connectivity index (χ1v) is 29.3. The fraction of sp³-hybridized carbons (Fsp3) is 0.0732. The average molecular weight is 1080 g/mol. The lowest BCUT2D eigenvalue weighted by molar-refractivity contribution is 1.29. The Morgan fingerprint density at radius 2 is 0.548 bits per heavy atom. The van der Waals surface area contributed by atoms with Crippen LogP contribution in [-0.2, 0) is 0 Å². The maximum Gasteiger partial charge on any atom is 0.0619 e. The number of rotatable bonds is 12. The first kappa shape index (κ1) is 51.8. The van der Waals surface area contributed by atoms with Gasteiger partial charge in [0.15, 0.2) is 0 Å². The lowest BCUT2D eigenvalue weighted by Crippen LogP contribution is -2.12. The second-order valence-electron chi connectivity index (χ2n) is 23.0. The maximum atomic E-state index is 2.49. The van der Waals surface area contributed by atoms with Gasteiger partial charge in [0.25, 0.3) is 0 Å². The Hall–Kier alpha value is -10.3. The Balaban J connectivity index is 0.933. The van der Waals surface area contributed by atoms with E-state index in [2.05, 4.69) is 330 Å². The number of benzene rings is 14. The minimum atomic E-state index is 1.09. The van der Waals surface area contributed by atoms with Gasteiger partial charge in [0.1, 0.15) is 0 Å². The molecule has 0 aliphatic rings. The molecule has 0 N–H and O–H groups in total. The van der Waals surface area contributed by atoms with E-state index in [0.29, 0.717) is 0 Å². The molecule has 2 heteroatoms. The van der Waals surface area contributed by atoms with E-state index in [1.165, 1.54) is 126 Å². The molecular formula is C82H64N2. The van der Waals surface area contributed by atoms with Crippen LogP contribution >= 0.6 is 0 Å². The summed E-state index contributed by atoms with van der Waals surface area (Å²) in [5.41, 5.74) is 23.6. The average Bonchev–Trinajstić information content (AvgIpc) is 3.71. The number of anilines is 6. The minimum Gasteiger partial charge on any atom is -0.310 e. The highest BCUT2D eigenvalue weighted by Crippen LogP contribution is 2.52. The zero-order chi connectivity index (χ0) is 57.0. The summed E-state index contributed by atoms with van der Waals surface area (Å²) in [6, 6.07) is 99.5. The molecular weight excluding hydrogens is 1010 g/mol. The summed E-state index contributed by atoms with van der Waals surface area (Å²) in [5, 5.41) is 12.4. The Bertz CT molecular complexity index is 4700. The number of fused-ring (bicyclic) bond motifs is 4. The lowest BCUT2D eigenvalue weighted by Gasteiger charge is -2.30. The fourth-order valence-corrected chi connectivity index (χ4v) is 12.6. The number of nitrogens with zero attached hydrogens (tertiary/aromatic N) is 2. The zero-order valence-electron chi connectivity index (χ0n) is 48.5. The fourth-order valence-electron chi connectivity index (χ4n) is 12.6. The highest BCUT2D eigenvalue weighted by molar-refractivity contribution is 6.41. The van der Waals surface area contributed by atoms with E-state index in [-0.39, 0.29) is 0 Å². The van der Waals surface area contributed by atoms with Crippen molar-refractivity contribution in [3.05, 3.63) is 334 Å². The van der Waals surface area contributed by atoms with E-state index in [9.17, 15) is 0 Å². The van der Waals surface area contributed by atoms with Crippen LogP contribution in [0.2, 0.25) is 0 Å². The largest absolute Gasteiger partial charge is 0.310 e. The summed E-state index contributed by atoms with van der Waals surface area (Å²) in [7, 11) is 0. The van der Waals surface area contributed by atoms with Gasteiger partial charge in [-0.15, -0.1) is 0 Å². The highest BCUT2D eigenvalue weighted by Gasteiger charge is 2.26. The first-order valence-electron chi connectivity index (χ1n) is 29.3. The van der Waals surface area contributed by atoms with Crippen molar-refractivity contribution in [2.45, 2.75) is 41.5 Å². The van der Waals surface area contributed by atoms with Gasteiger partial charge in [-0.2, -0.15) is 0 Å². The highest BCUT2D eigenvalue weighted by atomic mass is 15.1. The third kappa shape index (κ3) is 9.56. The molecule has 402 valence electrons. The van der Waals surface area contributed by atoms with Crippen molar-refractivity contribution in [2.75, 3.05) is 9.80 Å². The van der Waals surface area contributed by atoms with Crippen molar-refractivity contribution in [1.82, 2.24) is 0 Å². The molecule has 0 amide bonds. The summed E-state index contributed by atoms with van der Waals surface area (Å²) in [5.74, 6) is 0. The maximum absolute atomic E-state index is 2.49. The van der Waals surface area contributed by atoms with Crippen LogP contribution in [0.1, 0.15) is 66.8 Å². The Kier molecular flexibility index (Phi) is 13.3. The molecule has 0 heterocycles. The topological polar surface area (TPSA) is 6.48 Å². The zero-order valence-corrected chi connectivity index (χ0v) is 48.5. The standard InChI is InChI=1S/C82H64N2/c1-53-17-33-61(34-18-53)76(62-35-19-54(2)20-36-62)51-59-29-45-66(46-30-59)83(65-41-25-57(5)26-42-65)78-50-49-71-69-13-9-16-75-81(69)80(74-15-10-14-73(78)79(71)74)70-11-7-8-12-72(70)82(75)84(67-43-27-58(6)28-44-67)68-47-31-60(32-48-68)52-77(63-37-21-55(3)22-38-63)64-39-23-56(4)24-40-64/h7-52H,1-6H3. The predicted octanol–water partition coefficient (Wildman–Crippen LogP) is 22.9. The van der Waals surface area contributed by atoms with Gasteiger partial charge in [-0.1, -0.05) is 246 Å². The number of hydrogen-bond donors (Lipinski definition) is 0. The van der Waals surface area contributed by atoms with Gasteiger partial charge in [0.2, 0.25) is 0 Å². The SMILES string of the molecule is Cc1ccc(C(=Cc2ccc(N(c3ccc(C)cc3)c3ccc4c5cccc6c(N(c7ccc(C)cc7)c7ccc(C=C(c8ccc(C)cc8)c8ccc(C)cc8)cc7)c7ccccc7c(c7cccc3c47)c65)cc2)c2ccc(C)cc2)cc1. The van der Waals surface area contributed by atoms with Crippen LogP contribution in [0.15, 0.2) is 267 Å². The first-order chi connectivity index (χ1) is 41.1. The van der Waals surface area contributed by atoms with Gasteiger partial charge in [0.05, 0.1) is 11.4 Å². The van der Waals surface area contributed by atoms with E-state index in [4.69, 9.17) is 0 Å². The van der Waals surface area contributed by atoms with Gasteiger partial charge in [-0.25, -0.2) is 0 Å². The van der Waals surface area contributed by atoms with Gasteiger partial charge in [-0.3, -0.25) is 0 Å². The van der Waals surface area contributed by atoms with Gasteiger partial charge >= 0.3 is 0 Å². The van der Waals surface area contributed by atoms with Crippen molar-refractivity contribution < 1.29 is 0 Å². The van der Waals surface area contributed by atoms with Crippen molar-refractivity contribution in [3.8, 4) is 0 Å². The van der Waals surface area contributed by atoms with E-state index in [1.54, 1.807) is 0 Å². The molecule has 0 fully saturated rings. The summed E-state index contributed by atoms with van der Waals surface area (Å²) in [4.78, 5) is 4.94. The molecule has 2 nitrogen and oxygen atoms in total. The minimum absolute atomic E-state index is 1.09. The Morgan fingerprint density at radius 1 is 0.238 bits per heavy atom. The van der Waals surface area contributed by atoms with Gasteiger partial charge in [-0.05, 0) is 185 Å². The number of hydrogen-bond acceptors (Lipinski definition) is 2. The summed E-state index contributed by atoms with van der Waals surface area (Å²) >= 11 is 0. The third-order valence-corrected chi connectivity index (χ3v) is 17.0. The van der Waals surface area contributed by atoms with Crippen LogP contribution in [0.25, 0.3) is 77.2 Å². The van der Waals surface area contributed by atoms with Crippen LogP contribution in [0, 0.1) is 41.5 Å². The molecule has 14 rings (SSSR count). The van der Waals surface area contributed by atoms with E-state index >= 15 is 0 Å². The van der Waals surface area contributed by atoms with Crippen LogP contribution in [-0.4, -0.2) is 0 Å². The molecule has 0 atom stereocenters. The molecule has 0 saturated heterocycles. The van der Waals surface area contributed by atoms with Crippen LogP contribution in [0.5, 0.6) is 0 Å². The third-order valence-electron chi connectivity index (χ3n) is 17.0. The predicted molar refractivity (Wildman–Crippen MR) is 363 cm³/mol. The second kappa shape index (κ2) is 21.6. The summed E-state index contributed by atoms with van der Waals surface area (Å²) in [6.45, 7) is 12.9. The van der Waals surface area contributed by atoms with Gasteiger partial charge in [0, 0.05) is 44.3 Å². The van der Waals surface area contributed by atoms with E-state index in [0.717, 1.165) is 39.6 Å².